The largest absolute Gasteiger partial charge is 0.364 e. The summed E-state index contributed by atoms with van der Waals surface area (Å²) in [5.41, 5.74) is 6.95. The standard InChI is InChI=1S/C23H17Cl2N5O4S/c24-19-9-8-18(13-20(19)25)35(33,34)29-16-3-1-2-14(12-16)23(32)27-15-4-6-17(7-5-15)30-11-10-21(28-30)22(26)31/h1-13,29H,(H2,26,31)(H,27,32). The lowest BCUT2D eigenvalue weighted by molar-refractivity contribution is 0.0993. The van der Waals surface area contributed by atoms with Crippen LogP contribution in [0, 0.1) is 0 Å². The number of primary amides is 1. The summed E-state index contributed by atoms with van der Waals surface area (Å²) >= 11 is 11.8. The van der Waals surface area contributed by atoms with E-state index in [1.165, 1.54) is 41.1 Å². The van der Waals surface area contributed by atoms with Gasteiger partial charge in [0.15, 0.2) is 0 Å². The lowest BCUT2D eigenvalue weighted by atomic mass is 10.2. The van der Waals surface area contributed by atoms with Gasteiger partial charge >= 0.3 is 0 Å². The molecular weight excluding hydrogens is 513 g/mol. The van der Waals surface area contributed by atoms with Crippen molar-refractivity contribution in [2.45, 2.75) is 4.90 Å². The summed E-state index contributed by atoms with van der Waals surface area (Å²) in [7, 11) is -3.95. The van der Waals surface area contributed by atoms with Crippen molar-refractivity contribution in [3.8, 4) is 5.69 Å². The topological polar surface area (TPSA) is 136 Å². The SMILES string of the molecule is NC(=O)c1ccn(-c2ccc(NC(=O)c3cccc(NS(=O)(=O)c4ccc(Cl)c(Cl)c4)c3)cc2)n1. The number of carbonyl (C=O) groups excluding carboxylic acids is 2. The molecule has 0 fully saturated rings. The van der Waals surface area contributed by atoms with Crippen LogP contribution < -0.4 is 15.8 Å². The van der Waals surface area contributed by atoms with E-state index in [-0.39, 0.29) is 31.9 Å². The predicted molar refractivity (Wildman–Crippen MR) is 134 cm³/mol. The van der Waals surface area contributed by atoms with Crippen LogP contribution in [-0.4, -0.2) is 30.0 Å². The summed E-state index contributed by atoms with van der Waals surface area (Å²) in [5, 5.41) is 7.16. The van der Waals surface area contributed by atoms with Crippen LogP contribution in [0.2, 0.25) is 10.0 Å². The van der Waals surface area contributed by atoms with E-state index >= 15 is 0 Å². The molecule has 0 unspecified atom stereocenters. The van der Waals surface area contributed by atoms with Gasteiger partial charge in [-0.2, -0.15) is 5.10 Å². The number of halogens is 2. The van der Waals surface area contributed by atoms with Crippen molar-refractivity contribution in [1.82, 2.24) is 9.78 Å². The number of carbonyl (C=O) groups is 2. The third-order valence-electron chi connectivity index (χ3n) is 4.81. The van der Waals surface area contributed by atoms with E-state index in [4.69, 9.17) is 28.9 Å². The quantitative estimate of drug-likeness (QED) is 0.327. The van der Waals surface area contributed by atoms with E-state index < -0.39 is 21.8 Å². The van der Waals surface area contributed by atoms with Gasteiger partial charge in [-0.3, -0.25) is 14.3 Å². The molecule has 12 heteroatoms. The zero-order chi connectivity index (χ0) is 25.2. The van der Waals surface area contributed by atoms with Crippen molar-refractivity contribution < 1.29 is 18.0 Å². The number of anilines is 2. The van der Waals surface area contributed by atoms with Crippen LogP contribution in [0.25, 0.3) is 5.69 Å². The smallest absolute Gasteiger partial charge is 0.269 e. The van der Waals surface area contributed by atoms with E-state index in [1.807, 2.05) is 0 Å². The summed E-state index contributed by atoms with van der Waals surface area (Å²) in [6, 6.07) is 18.2. The van der Waals surface area contributed by atoms with Crippen molar-refractivity contribution in [3.05, 3.63) is 100 Å². The summed E-state index contributed by atoms with van der Waals surface area (Å²) in [5.74, 6) is -1.07. The molecule has 4 rings (SSSR count). The Kier molecular flexibility index (Phi) is 6.79. The second-order valence-corrected chi connectivity index (χ2v) is 9.77. The molecule has 9 nitrogen and oxygen atoms in total. The van der Waals surface area contributed by atoms with Gasteiger partial charge in [-0.05, 0) is 66.7 Å². The molecule has 4 aromatic rings. The second kappa shape index (κ2) is 9.79. The second-order valence-electron chi connectivity index (χ2n) is 7.27. The van der Waals surface area contributed by atoms with Crippen LogP contribution in [0.5, 0.6) is 0 Å². The summed E-state index contributed by atoms with van der Waals surface area (Å²) < 4.78 is 29.3. The molecule has 0 radical (unpaired) electrons. The summed E-state index contributed by atoms with van der Waals surface area (Å²) in [6.45, 7) is 0. The van der Waals surface area contributed by atoms with Crippen molar-refractivity contribution in [2.75, 3.05) is 10.0 Å². The Hall–Kier alpha value is -3.86. The highest BCUT2D eigenvalue weighted by Gasteiger charge is 2.17. The molecule has 35 heavy (non-hydrogen) atoms. The fraction of sp³-hybridized carbons (Fsp3) is 0. The highest BCUT2D eigenvalue weighted by Crippen LogP contribution is 2.26. The van der Waals surface area contributed by atoms with Crippen molar-refractivity contribution in [3.63, 3.8) is 0 Å². The van der Waals surface area contributed by atoms with Crippen LogP contribution >= 0.6 is 23.2 Å². The first-order chi connectivity index (χ1) is 16.6. The molecular formula is C23H17Cl2N5O4S. The highest BCUT2D eigenvalue weighted by atomic mass is 35.5. The molecule has 1 aromatic heterocycles. The minimum Gasteiger partial charge on any atom is -0.364 e. The minimum absolute atomic E-state index is 0.0676. The van der Waals surface area contributed by atoms with Crippen LogP contribution in [-0.2, 0) is 10.0 Å². The van der Waals surface area contributed by atoms with Gasteiger partial charge in [0.2, 0.25) is 0 Å². The monoisotopic (exact) mass is 529 g/mol. The van der Waals surface area contributed by atoms with Crippen LogP contribution in [0.4, 0.5) is 11.4 Å². The molecule has 4 N–H and O–H groups in total. The third-order valence-corrected chi connectivity index (χ3v) is 6.93. The van der Waals surface area contributed by atoms with Gasteiger partial charge in [-0.15, -0.1) is 0 Å². The number of sulfonamides is 1. The number of nitrogens with one attached hydrogen (secondary N) is 2. The van der Waals surface area contributed by atoms with Crippen LogP contribution in [0.1, 0.15) is 20.8 Å². The average molecular weight is 530 g/mol. The Morgan fingerprint density at radius 3 is 2.29 bits per heavy atom. The Morgan fingerprint density at radius 2 is 1.63 bits per heavy atom. The Labute approximate surface area is 210 Å². The zero-order valence-electron chi connectivity index (χ0n) is 17.8. The molecule has 2 amide bonds. The first-order valence-electron chi connectivity index (χ1n) is 9.97. The minimum atomic E-state index is -3.95. The number of benzene rings is 3. The molecule has 0 aliphatic rings. The van der Waals surface area contributed by atoms with Gasteiger partial charge in [0.05, 0.1) is 20.6 Å². The Balaban J connectivity index is 1.46. The van der Waals surface area contributed by atoms with Gasteiger partial charge in [-0.1, -0.05) is 29.3 Å². The van der Waals surface area contributed by atoms with Gasteiger partial charge in [0, 0.05) is 23.1 Å². The summed E-state index contributed by atoms with van der Waals surface area (Å²) in [6.07, 6.45) is 1.60. The number of nitrogens with zero attached hydrogens (tertiary/aromatic N) is 2. The van der Waals surface area contributed by atoms with Gasteiger partial charge in [-0.25, -0.2) is 13.1 Å². The maximum Gasteiger partial charge on any atom is 0.269 e. The fourth-order valence-electron chi connectivity index (χ4n) is 3.08. The van der Waals surface area contributed by atoms with E-state index in [1.54, 1.807) is 42.6 Å². The van der Waals surface area contributed by atoms with Gasteiger partial charge < -0.3 is 11.1 Å². The number of aromatic nitrogens is 2. The number of nitrogens with two attached hydrogens (primary N) is 1. The normalized spacial score (nSPS) is 11.1. The molecule has 3 aromatic carbocycles. The van der Waals surface area contributed by atoms with Crippen molar-refractivity contribution >= 4 is 56.4 Å². The summed E-state index contributed by atoms with van der Waals surface area (Å²) in [4.78, 5) is 23.9. The predicted octanol–water partition coefficient (Wildman–Crippen LogP) is 4.33. The Bertz CT molecular complexity index is 1540. The van der Waals surface area contributed by atoms with Crippen LogP contribution in [0.3, 0.4) is 0 Å². The first kappa shape index (κ1) is 24.3. The van der Waals surface area contributed by atoms with Crippen molar-refractivity contribution in [1.29, 1.82) is 0 Å². The van der Waals surface area contributed by atoms with E-state index in [9.17, 15) is 18.0 Å². The van der Waals surface area contributed by atoms with Crippen molar-refractivity contribution in [2.24, 2.45) is 5.73 Å². The molecule has 0 aliphatic heterocycles. The maximum atomic E-state index is 12.7. The maximum absolute atomic E-state index is 12.7. The van der Waals surface area contributed by atoms with Crippen LogP contribution in [0.15, 0.2) is 83.9 Å². The first-order valence-corrected chi connectivity index (χ1v) is 12.2. The highest BCUT2D eigenvalue weighted by molar-refractivity contribution is 7.92. The molecule has 0 saturated carbocycles. The van der Waals surface area contributed by atoms with E-state index in [2.05, 4.69) is 15.1 Å². The molecule has 0 bridgehead atoms. The van der Waals surface area contributed by atoms with Gasteiger partial charge in [0.25, 0.3) is 21.8 Å². The lowest BCUT2D eigenvalue weighted by Crippen LogP contribution is -2.15. The molecule has 1 heterocycles. The molecule has 0 atom stereocenters. The number of rotatable bonds is 7. The average Bonchev–Trinajstić information content (AvgIpc) is 3.32. The van der Waals surface area contributed by atoms with E-state index in [0.717, 1.165) is 0 Å². The number of amides is 2. The molecule has 178 valence electrons. The van der Waals surface area contributed by atoms with E-state index in [0.29, 0.717) is 11.4 Å². The third kappa shape index (κ3) is 5.62. The number of hydrogen-bond donors (Lipinski definition) is 3. The lowest BCUT2D eigenvalue weighted by Gasteiger charge is -2.11. The van der Waals surface area contributed by atoms with Gasteiger partial charge in [0.1, 0.15) is 5.69 Å². The molecule has 0 saturated heterocycles. The Morgan fingerprint density at radius 1 is 0.886 bits per heavy atom. The fourth-order valence-corrected chi connectivity index (χ4v) is 4.52. The number of hydrogen-bond acceptors (Lipinski definition) is 5. The zero-order valence-corrected chi connectivity index (χ0v) is 20.1. The molecule has 0 spiro atoms. The molecule has 0 aliphatic carbocycles.